The summed E-state index contributed by atoms with van der Waals surface area (Å²) < 4.78 is 51.4. The summed E-state index contributed by atoms with van der Waals surface area (Å²) in [6.45, 7) is 0. The van der Waals surface area contributed by atoms with E-state index in [9.17, 15) is 17.6 Å². The van der Waals surface area contributed by atoms with E-state index < -0.39 is 17.7 Å². The summed E-state index contributed by atoms with van der Waals surface area (Å²) in [5.74, 6) is -0.654. The van der Waals surface area contributed by atoms with Crippen molar-refractivity contribution in [2.75, 3.05) is 0 Å². The molecule has 0 aliphatic carbocycles. The van der Waals surface area contributed by atoms with E-state index >= 15 is 0 Å². The number of aromatic amines is 1. The van der Waals surface area contributed by atoms with Gasteiger partial charge in [-0.15, -0.1) is 0 Å². The van der Waals surface area contributed by atoms with E-state index in [1.807, 2.05) is 5.10 Å². The van der Waals surface area contributed by atoms with E-state index in [1.54, 1.807) is 0 Å². The van der Waals surface area contributed by atoms with Gasteiger partial charge < -0.3 is 0 Å². The first kappa shape index (κ1) is 11.8. The summed E-state index contributed by atoms with van der Waals surface area (Å²) in [6, 6.07) is 6.18. The smallest absolute Gasteiger partial charge is 0.288 e. The highest BCUT2D eigenvalue weighted by Crippen LogP contribution is 2.28. The number of hydrogen-bond donors (Lipinski definition) is 1. The lowest BCUT2D eigenvalue weighted by atomic mass is 10.3. The van der Waals surface area contributed by atoms with Crippen LogP contribution in [-0.2, 0) is 6.18 Å². The van der Waals surface area contributed by atoms with Gasteiger partial charge >= 0.3 is 6.18 Å². The molecule has 90 valence electrons. The quantitative estimate of drug-likeness (QED) is 0.614. The number of para-hydroxylation sites is 1. The van der Waals surface area contributed by atoms with Gasteiger partial charge in [-0.05, 0) is 12.1 Å². The zero-order valence-electron chi connectivity index (χ0n) is 8.25. The van der Waals surface area contributed by atoms with Gasteiger partial charge in [0.25, 0.3) is 0 Å². The lowest BCUT2D eigenvalue weighted by Crippen LogP contribution is -2.07. The Labute approximate surface area is 98.5 Å². The van der Waals surface area contributed by atoms with Gasteiger partial charge in [0.15, 0.2) is 0 Å². The van der Waals surface area contributed by atoms with Crippen LogP contribution in [-0.4, -0.2) is 9.78 Å². The molecule has 0 saturated carbocycles. The molecule has 1 aromatic heterocycles. The Morgan fingerprint density at radius 2 is 1.82 bits per heavy atom. The maximum atomic E-state index is 13.4. The molecular weight excluding hydrogens is 256 g/mol. The molecule has 1 heterocycles. The Morgan fingerprint density at radius 1 is 1.18 bits per heavy atom. The zero-order chi connectivity index (χ0) is 12.6. The Bertz CT molecular complexity index is 597. The fourth-order valence-corrected chi connectivity index (χ4v) is 1.61. The van der Waals surface area contributed by atoms with Crippen molar-refractivity contribution in [1.29, 1.82) is 0 Å². The molecule has 0 aliphatic heterocycles. The maximum absolute atomic E-state index is 13.4. The minimum atomic E-state index is -4.54. The second kappa shape index (κ2) is 3.99. The summed E-state index contributed by atoms with van der Waals surface area (Å²) >= 11 is 4.75. The minimum Gasteiger partial charge on any atom is -0.288 e. The average Bonchev–Trinajstić information content (AvgIpc) is 2.61. The lowest BCUT2D eigenvalue weighted by Gasteiger charge is -2.05. The summed E-state index contributed by atoms with van der Waals surface area (Å²) in [4.78, 5) is 0. The third-order valence-electron chi connectivity index (χ3n) is 2.12. The van der Waals surface area contributed by atoms with Gasteiger partial charge in [-0.1, -0.05) is 24.4 Å². The molecule has 2 rings (SSSR count). The van der Waals surface area contributed by atoms with E-state index in [4.69, 9.17) is 12.2 Å². The van der Waals surface area contributed by atoms with Gasteiger partial charge in [-0.25, -0.2) is 9.07 Å². The van der Waals surface area contributed by atoms with Crippen LogP contribution in [0.15, 0.2) is 30.3 Å². The number of H-pyrrole nitrogens is 1. The van der Waals surface area contributed by atoms with Gasteiger partial charge in [0.1, 0.15) is 16.2 Å². The number of halogens is 4. The van der Waals surface area contributed by atoms with Crippen LogP contribution in [0.1, 0.15) is 5.69 Å². The summed E-state index contributed by atoms with van der Waals surface area (Å²) in [7, 11) is 0. The van der Waals surface area contributed by atoms with Crippen molar-refractivity contribution in [2.45, 2.75) is 6.18 Å². The number of benzene rings is 1. The predicted octanol–water partition coefficient (Wildman–Crippen LogP) is 3.69. The number of nitrogens with one attached hydrogen (secondary N) is 1. The van der Waals surface area contributed by atoms with Crippen molar-refractivity contribution in [3.63, 3.8) is 0 Å². The van der Waals surface area contributed by atoms with Crippen LogP contribution in [0.5, 0.6) is 0 Å². The number of alkyl halides is 3. The summed E-state index contributed by atoms with van der Waals surface area (Å²) in [5, 5.41) is 2.03. The van der Waals surface area contributed by atoms with Crippen molar-refractivity contribution >= 4 is 12.2 Å². The van der Waals surface area contributed by atoms with Crippen LogP contribution >= 0.6 is 12.2 Å². The highest BCUT2D eigenvalue weighted by Gasteiger charge is 2.33. The monoisotopic (exact) mass is 262 g/mol. The van der Waals surface area contributed by atoms with E-state index in [2.05, 4.69) is 0 Å². The molecule has 0 unspecified atom stereocenters. The van der Waals surface area contributed by atoms with E-state index in [0.29, 0.717) is 0 Å². The van der Waals surface area contributed by atoms with Crippen molar-refractivity contribution in [2.24, 2.45) is 0 Å². The van der Waals surface area contributed by atoms with E-state index in [-0.39, 0.29) is 10.3 Å². The van der Waals surface area contributed by atoms with Gasteiger partial charge in [-0.3, -0.25) is 5.10 Å². The molecule has 2 aromatic rings. The van der Waals surface area contributed by atoms with Crippen LogP contribution in [0.4, 0.5) is 17.6 Å². The molecule has 0 saturated heterocycles. The maximum Gasteiger partial charge on any atom is 0.432 e. The minimum absolute atomic E-state index is 0.0481. The Morgan fingerprint density at radius 3 is 2.35 bits per heavy atom. The fraction of sp³-hybridized carbons (Fsp3) is 0.100. The standard InChI is InChI=1S/C10H6F4N2S/c11-6-3-1-2-4-7(6)16-9(17)5-8(15-16)10(12,13)14/h1-5,15H. The lowest BCUT2D eigenvalue weighted by molar-refractivity contribution is -0.141. The summed E-state index contributed by atoms with van der Waals surface area (Å²) in [6.07, 6.45) is -4.54. The third kappa shape index (κ3) is 2.23. The van der Waals surface area contributed by atoms with Crippen molar-refractivity contribution in [1.82, 2.24) is 9.78 Å². The Kier molecular flexibility index (Phi) is 2.78. The molecule has 0 atom stereocenters. The first-order chi connectivity index (χ1) is 7.89. The predicted molar refractivity (Wildman–Crippen MR) is 55.9 cm³/mol. The molecule has 0 spiro atoms. The molecule has 0 bridgehead atoms. The topological polar surface area (TPSA) is 20.7 Å². The first-order valence-electron chi connectivity index (χ1n) is 4.54. The highest BCUT2D eigenvalue weighted by molar-refractivity contribution is 7.71. The average molecular weight is 262 g/mol. The second-order valence-electron chi connectivity index (χ2n) is 3.29. The number of rotatable bonds is 1. The van der Waals surface area contributed by atoms with Gasteiger partial charge in [0, 0.05) is 6.07 Å². The second-order valence-corrected chi connectivity index (χ2v) is 3.71. The number of aromatic nitrogens is 2. The van der Waals surface area contributed by atoms with Gasteiger partial charge in [0.2, 0.25) is 0 Å². The molecule has 0 radical (unpaired) electrons. The van der Waals surface area contributed by atoms with Crippen molar-refractivity contribution in [3.8, 4) is 5.69 Å². The third-order valence-corrected chi connectivity index (χ3v) is 2.42. The van der Waals surface area contributed by atoms with Crippen LogP contribution in [0, 0.1) is 10.5 Å². The summed E-state index contributed by atoms with van der Waals surface area (Å²) in [5.41, 5.74) is -1.06. The Hall–Kier alpha value is -1.63. The SMILES string of the molecule is Fc1ccccc1-n1[nH]c(C(F)(F)F)cc1=S. The highest BCUT2D eigenvalue weighted by atomic mass is 32.1. The van der Waals surface area contributed by atoms with E-state index in [1.165, 1.54) is 18.2 Å². The van der Waals surface area contributed by atoms with Gasteiger partial charge in [0.05, 0.1) is 5.69 Å². The van der Waals surface area contributed by atoms with Crippen LogP contribution in [0.3, 0.4) is 0 Å². The van der Waals surface area contributed by atoms with Gasteiger partial charge in [-0.2, -0.15) is 13.2 Å². The van der Waals surface area contributed by atoms with Crippen LogP contribution in [0.25, 0.3) is 5.69 Å². The molecule has 2 nitrogen and oxygen atoms in total. The molecule has 0 aliphatic rings. The van der Waals surface area contributed by atoms with Crippen molar-refractivity contribution in [3.05, 3.63) is 46.5 Å². The molecule has 1 aromatic carbocycles. The Balaban J connectivity index is 2.59. The molecule has 7 heteroatoms. The fourth-order valence-electron chi connectivity index (χ4n) is 1.35. The molecule has 17 heavy (non-hydrogen) atoms. The first-order valence-corrected chi connectivity index (χ1v) is 4.94. The normalized spacial score (nSPS) is 11.8. The van der Waals surface area contributed by atoms with Crippen molar-refractivity contribution < 1.29 is 17.6 Å². The molecular formula is C10H6F4N2S. The number of hydrogen-bond acceptors (Lipinski definition) is 1. The molecule has 1 N–H and O–H groups in total. The largest absolute Gasteiger partial charge is 0.432 e. The molecule has 0 fully saturated rings. The zero-order valence-corrected chi connectivity index (χ0v) is 9.07. The van der Waals surface area contributed by atoms with Crippen LogP contribution < -0.4 is 0 Å². The van der Waals surface area contributed by atoms with Crippen LogP contribution in [0.2, 0.25) is 0 Å². The number of nitrogens with zero attached hydrogens (tertiary/aromatic N) is 1. The molecule has 0 amide bonds. The van der Waals surface area contributed by atoms with E-state index in [0.717, 1.165) is 16.8 Å².